The van der Waals surface area contributed by atoms with Crippen molar-refractivity contribution >= 4 is 59.3 Å². The molecule has 1 rings (SSSR count). The summed E-state index contributed by atoms with van der Waals surface area (Å²) in [5.41, 5.74) is 5.73. The standard InChI is InChI=1S/C31H43N7O14/c1-15(33-22(39)14-32)26(46)35-19(9-11-24(42)43)29(49)36-18(8-10-23(40)41)28(48)34-16(2)27(47)37-20(12-17-6-4-3-5-7-17)30(50)38-21(31(51)52)13-25(44)45/h3-7,15-16,18-21H,8-14,32H2,1-2H3,(H,33,39)(H,34,48)(H,35,46)(H,36,49)(H,37,47)(H,38,50)(H,40,41)(H,42,43)(H,44,45)(H,51,52). The summed E-state index contributed by atoms with van der Waals surface area (Å²) >= 11 is 0. The average molecular weight is 738 g/mol. The number of rotatable bonds is 23. The Hall–Kier alpha value is -6.12. The number of nitrogens with two attached hydrogens (primary N) is 1. The molecule has 21 nitrogen and oxygen atoms in total. The van der Waals surface area contributed by atoms with Crippen molar-refractivity contribution < 1.29 is 68.4 Å². The normalized spacial score (nSPS) is 14.1. The lowest BCUT2D eigenvalue weighted by Crippen LogP contribution is -2.59. The maximum atomic E-state index is 13.3. The Bertz CT molecular complexity index is 1490. The molecule has 52 heavy (non-hydrogen) atoms. The minimum atomic E-state index is -1.84. The predicted molar refractivity (Wildman–Crippen MR) is 176 cm³/mol. The van der Waals surface area contributed by atoms with Gasteiger partial charge in [-0.05, 0) is 32.3 Å². The van der Waals surface area contributed by atoms with Crippen molar-refractivity contribution in [2.45, 2.75) is 88.6 Å². The van der Waals surface area contributed by atoms with E-state index in [0.29, 0.717) is 5.56 Å². The van der Waals surface area contributed by atoms with E-state index in [4.69, 9.17) is 15.9 Å². The van der Waals surface area contributed by atoms with Crippen LogP contribution in [0.3, 0.4) is 0 Å². The Labute approximate surface area is 296 Å². The van der Waals surface area contributed by atoms with Crippen molar-refractivity contribution in [3.63, 3.8) is 0 Å². The highest BCUT2D eigenvalue weighted by atomic mass is 16.4. The summed E-state index contributed by atoms with van der Waals surface area (Å²) in [6.07, 6.45) is -3.43. The number of carbonyl (C=O) groups excluding carboxylic acids is 6. The van der Waals surface area contributed by atoms with Gasteiger partial charge < -0.3 is 58.1 Å². The molecule has 0 spiro atoms. The minimum Gasteiger partial charge on any atom is -0.481 e. The summed E-state index contributed by atoms with van der Waals surface area (Å²) in [6.45, 7) is 1.99. The van der Waals surface area contributed by atoms with Crippen LogP contribution in [0.25, 0.3) is 0 Å². The number of aliphatic carboxylic acids is 4. The van der Waals surface area contributed by atoms with Crippen molar-refractivity contribution in [3.8, 4) is 0 Å². The van der Waals surface area contributed by atoms with Gasteiger partial charge >= 0.3 is 23.9 Å². The Kier molecular flexibility index (Phi) is 18.5. The second kappa shape index (κ2) is 21.9. The molecule has 0 fully saturated rings. The molecule has 12 N–H and O–H groups in total. The quantitative estimate of drug-likeness (QED) is 0.0517. The van der Waals surface area contributed by atoms with E-state index in [1.807, 2.05) is 0 Å². The largest absolute Gasteiger partial charge is 0.481 e. The number of benzene rings is 1. The molecule has 0 saturated carbocycles. The Morgan fingerprint density at radius 2 is 0.981 bits per heavy atom. The number of hydrogen-bond acceptors (Lipinski definition) is 11. The average Bonchev–Trinajstić information content (AvgIpc) is 3.07. The third-order valence-corrected chi connectivity index (χ3v) is 7.18. The molecule has 0 aromatic heterocycles. The number of amides is 6. The topological polar surface area (TPSA) is 350 Å². The maximum Gasteiger partial charge on any atom is 0.326 e. The molecule has 6 amide bonds. The number of carboxylic acids is 4. The van der Waals surface area contributed by atoms with Gasteiger partial charge in [-0.2, -0.15) is 0 Å². The molecular weight excluding hydrogens is 694 g/mol. The summed E-state index contributed by atoms with van der Waals surface area (Å²) in [7, 11) is 0. The van der Waals surface area contributed by atoms with Gasteiger partial charge in [0, 0.05) is 19.3 Å². The lowest BCUT2D eigenvalue weighted by molar-refractivity contribution is -0.147. The number of carbonyl (C=O) groups is 10. The van der Waals surface area contributed by atoms with Gasteiger partial charge in [-0.15, -0.1) is 0 Å². The smallest absolute Gasteiger partial charge is 0.326 e. The zero-order valence-electron chi connectivity index (χ0n) is 28.2. The Balaban J connectivity index is 3.19. The van der Waals surface area contributed by atoms with Gasteiger partial charge in [-0.1, -0.05) is 30.3 Å². The number of hydrogen-bond donors (Lipinski definition) is 11. The maximum absolute atomic E-state index is 13.3. The van der Waals surface area contributed by atoms with Gasteiger partial charge in [0.1, 0.15) is 36.3 Å². The fraction of sp³-hybridized carbons (Fsp3) is 0.484. The van der Waals surface area contributed by atoms with Crippen LogP contribution in [-0.2, 0) is 54.4 Å². The van der Waals surface area contributed by atoms with E-state index >= 15 is 0 Å². The van der Waals surface area contributed by atoms with E-state index in [1.54, 1.807) is 30.3 Å². The third-order valence-electron chi connectivity index (χ3n) is 7.18. The molecule has 1 aromatic carbocycles. The van der Waals surface area contributed by atoms with E-state index in [1.165, 1.54) is 13.8 Å². The monoisotopic (exact) mass is 737 g/mol. The zero-order valence-corrected chi connectivity index (χ0v) is 28.2. The lowest BCUT2D eigenvalue weighted by atomic mass is 10.0. The molecule has 0 aliphatic carbocycles. The van der Waals surface area contributed by atoms with Gasteiger partial charge in [0.2, 0.25) is 35.4 Å². The summed E-state index contributed by atoms with van der Waals surface area (Å²) in [6, 6.07) is -1.07. The predicted octanol–water partition coefficient (Wildman–Crippen LogP) is -3.57. The van der Waals surface area contributed by atoms with Crippen LogP contribution in [0, 0.1) is 0 Å². The van der Waals surface area contributed by atoms with Crippen molar-refractivity contribution in [1.29, 1.82) is 0 Å². The summed E-state index contributed by atoms with van der Waals surface area (Å²) in [5.74, 6) is -11.7. The summed E-state index contributed by atoms with van der Waals surface area (Å²) in [4.78, 5) is 122. The van der Waals surface area contributed by atoms with Crippen molar-refractivity contribution in [2.24, 2.45) is 5.73 Å². The van der Waals surface area contributed by atoms with Gasteiger partial charge in [-0.3, -0.25) is 43.2 Å². The first-order valence-corrected chi connectivity index (χ1v) is 15.8. The first-order chi connectivity index (χ1) is 24.3. The van der Waals surface area contributed by atoms with Crippen LogP contribution >= 0.6 is 0 Å². The Morgan fingerprint density at radius 1 is 0.558 bits per heavy atom. The van der Waals surface area contributed by atoms with Crippen molar-refractivity contribution in [3.05, 3.63) is 35.9 Å². The molecule has 0 saturated heterocycles. The minimum absolute atomic E-state index is 0.187. The van der Waals surface area contributed by atoms with Crippen LogP contribution in [0.4, 0.5) is 0 Å². The van der Waals surface area contributed by atoms with Crippen LogP contribution in [-0.4, -0.2) is 123 Å². The Morgan fingerprint density at radius 3 is 1.44 bits per heavy atom. The van der Waals surface area contributed by atoms with Gasteiger partial charge in [0.15, 0.2) is 0 Å². The van der Waals surface area contributed by atoms with E-state index in [-0.39, 0.29) is 6.42 Å². The summed E-state index contributed by atoms with van der Waals surface area (Å²) < 4.78 is 0. The highest BCUT2D eigenvalue weighted by molar-refractivity contribution is 5.97. The van der Waals surface area contributed by atoms with Gasteiger partial charge in [0.25, 0.3) is 0 Å². The highest BCUT2D eigenvalue weighted by Crippen LogP contribution is 2.07. The third kappa shape index (κ3) is 16.5. The van der Waals surface area contributed by atoms with Crippen molar-refractivity contribution in [1.82, 2.24) is 31.9 Å². The fourth-order valence-corrected chi connectivity index (χ4v) is 4.39. The molecule has 0 aliphatic heterocycles. The van der Waals surface area contributed by atoms with E-state index < -0.39 is 134 Å². The molecule has 6 atom stereocenters. The first-order valence-electron chi connectivity index (χ1n) is 15.8. The van der Waals surface area contributed by atoms with Gasteiger partial charge in [-0.25, -0.2) is 4.79 Å². The molecule has 21 heteroatoms. The lowest BCUT2D eigenvalue weighted by Gasteiger charge is -2.26. The van der Waals surface area contributed by atoms with Crippen LogP contribution < -0.4 is 37.6 Å². The molecule has 286 valence electrons. The molecule has 0 heterocycles. The molecule has 0 bridgehead atoms. The van der Waals surface area contributed by atoms with E-state index in [2.05, 4.69) is 31.9 Å². The molecular formula is C31H43N7O14. The highest BCUT2D eigenvalue weighted by Gasteiger charge is 2.32. The molecule has 0 radical (unpaired) electrons. The van der Waals surface area contributed by atoms with Crippen molar-refractivity contribution in [2.75, 3.05) is 6.54 Å². The molecule has 1 aromatic rings. The van der Waals surface area contributed by atoms with Crippen LogP contribution in [0.2, 0.25) is 0 Å². The molecule has 0 aliphatic rings. The number of carboxylic acid groups (broad SMARTS) is 4. The number of nitrogens with one attached hydrogen (secondary N) is 6. The second-order valence-electron chi connectivity index (χ2n) is 11.5. The summed E-state index contributed by atoms with van der Waals surface area (Å²) in [5, 5.41) is 50.2. The fourth-order valence-electron chi connectivity index (χ4n) is 4.39. The van der Waals surface area contributed by atoms with E-state index in [0.717, 1.165) is 0 Å². The zero-order chi connectivity index (χ0) is 39.5. The first kappa shape index (κ1) is 43.9. The SMILES string of the molecule is CC(NC(=O)CN)C(=O)NC(CCC(=O)O)C(=O)NC(CCC(=O)O)C(=O)NC(C)C(=O)NC(Cc1ccccc1)C(=O)NC(CC(=O)O)C(=O)O. The van der Waals surface area contributed by atoms with Crippen LogP contribution in [0.1, 0.15) is 51.5 Å². The van der Waals surface area contributed by atoms with Gasteiger partial charge in [0.05, 0.1) is 13.0 Å². The van der Waals surface area contributed by atoms with Crippen LogP contribution in [0.5, 0.6) is 0 Å². The second-order valence-corrected chi connectivity index (χ2v) is 11.5. The van der Waals surface area contributed by atoms with E-state index in [9.17, 15) is 58.2 Å². The molecule has 6 unspecified atom stereocenters. The van der Waals surface area contributed by atoms with Crippen LogP contribution in [0.15, 0.2) is 30.3 Å².